The second kappa shape index (κ2) is 12.7. The molecule has 0 radical (unpaired) electrons. The number of ether oxygens (including phenoxy) is 1. The molecular formula is C45H34N4OPt. The molecule has 5 nitrogen and oxygen atoms in total. The molecule has 4 heterocycles. The van der Waals surface area contributed by atoms with Gasteiger partial charge in [0, 0.05) is 27.1 Å². The molecule has 0 aliphatic rings. The monoisotopic (exact) mass is 841 g/mol. The molecule has 0 atom stereocenters. The summed E-state index contributed by atoms with van der Waals surface area (Å²) in [6.07, 6.45) is 0. The van der Waals surface area contributed by atoms with Crippen molar-refractivity contribution in [1.29, 1.82) is 0 Å². The van der Waals surface area contributed by atoms with Crippen LogP contribution in [0.4, 0.5) is 0 Å². The van der Waals surface area contributed by atoms with Crippen molar-refractivity contribution in [3.8, 4) is 39.6 Å². The van der Waals surface area contributed by atoms with Gasteiger partial charge in [0.2, 0.25) is 0 Å². The molecule has 0 aliphatic carbocycles. The maximum Gasteiger partial charge on any atom is 2.00 e. The van der Waals surface area contributed by atoms with E-state index in [4.69, 9.17) is 14.7 Å². The van der Waals surface area contributed by atoms with Crippen LogP contribution in [0.25, 0.3) is 77.8 Å². The van der Waals surface area contributed by atoms with E-state index < -0.39 is 0 Å². The van der Waals surface area contributed by atoms with Crippen LogP contribution in [-0.2, 0) is 26.5 Å². The molecule has 0 aliphatic heterocycles. The van der Waals surface area contributed by atoms with Crippen molar-refractivity contribution in [2.75, 3.05) is 7.11 Å². The standard InChI is InChI=1S/C45H34N4O.Pt/c1-45(2,3)31-27-36(29-15-7-5-8-16-29)46-39(28-31)49-38-22-14-12-20-35(38)42-40(30-23-25-33(50-4)26-24-30)41-34-19-11-13-21-37(34)48(43(41)47-44(42)49)32-17-9-6-10-18-32;/h5-15,17,19-28H,1-4H3;/q-2;+2. The van der Waals surface area contributed by atoms with Crippen LogP contribution in [0.15, 0.2) is 133 Å². The van der Waals surface area contributed by atoms with Crippen LogP contribution in [0.3, 0.4) is 0 Å². The minimum Gasteiger partial charge on any atom is -0.497 e. The summed E-state index contributed by atoms with van der Waals surface area (Å²) in [7, 11) is 1.70. The van der Waals surface area contributed by atoms with Crippen molar-refractivity contribution in [3.63, 3.8) is 0 Å². The Morgan fingerprint density at radius 3 is 1.84 bits per heavy atom. The van der Waals surface area contributed by atoms with Gasteiger partial charge in [0.15, 0.2) is 0 Å². The third kappa shape index (κ3) is 5.35. The zero-order valence-corrected chi connectivity index (χ0v) is 31.0. The van der Waals surface area contributed by atoms with Gasteiger partial charge in [-0.1, -0.05) is 81.1 Å². The van der Waals surface area contributed by atoms with Crippen LogP contribution in [0, 0.1) is 12.1 Å². The Labute approximate surface area is 311 Å². The molecular weight excluding hydrogens is 808 g/mol. The quantitative estimate of drug-likeness (QED) is 0.162. The summed E-state index contributed by atoms with van der Waals surface area (Å²) in [4.78, 5) is 11.0. The smallest absolute Gasteiger partial charge is 0.497 e. The molecule has 0 unspecified atom stereocenters. The van der Waals surface area contributed by atoms with Gasteiger partial charge in [0.25, 0.3) is 0 Å². The van der Waals surface area contributed by atoms with Crippen molar-refractivity contribution in [1.82, 2.24) is 19.1 Å². The molecule has 0 fully saturated rings. The van der Waals surface area contributed by atoms with Gasteiger partial charge in [-0.15, -0.1) is 42.0 Å². The number of benzene rings is 5. The van der Waals surface area contributed by atoms with Crippen molar-refractivity contribution in [3.05, 3.63) is 151 Å². The zero-order chi connectivity index (χ0) is 34.0. The van der Waals surface area contributed by atoms with E-state index in [0.717, 1.165) is 83.5 Å². The fourth-order valence-electron chi connectivity index (χ4n) is 7.18. The van der Waals surface area contributed by atoms with Crippen LogP contribution in [0.2, 0.25) is 0 Å². The van der Waals surface area contributed by atoms with Gasteiger partial charge in [-0.25, -0.2) is 4.98 Å². The van der Waals surface area contributed by atoms with Crippen LogP contribution in [0.1, 0.15) is 26.3 Å². The number of fused-ring (bicyclic) bond motifs is 6. The summed E-state index contributed by atoms with van der Waals surface area (Å²) in [6.45, 7) is 6.73. The maximum atomic E-state index is 5.65. The average Bonchev–Trinajstić information content (AvgIpc) is 3.67. The average molecular weight is 842 g/mol. The second-order valence-electron chi connectivity index (χ2n) is 13.7. The summed E-state index contributed by atoms with van der Waals surface area (Å²) in [5.41, 5.74) is 9.85. The van der Waals surface area contributed by atoms with Crippen molar-refractivity contribution in [2.45, 2.75) is 26.2 Å². The van der Waals surface area contributed by atoms with Crippen LogP contribution in [0.5, 0.6) is 5.75 Å². The van der Waals surface area contributed by atoms with E-state index in [2.05, 4.69) is 133 Å². The first kappa shape index (κ1) is 32.7. The number of methoxy groups -OCH3 is 1. The molecule has 6 heteroatoms. The minimum absolute atomic E-state index is 0. The Morgan fingerprint density at radius 2 is 1.24 bits per heavy atom. The predicted octanol–water partition coefficient (Wildman–Crippen LogP) is 10.9. The molecule has 0 amide bonds. The Kier molecular flexibility index (Phi) is 8.12. The van der Waals surface area contributed by atoms with Gasteiger partial charge in [-0.05, 0) is 52.6 Å². The van der Waals surface area contributed by atoms with Gasteiger partial charge < -0.3 is 9.30 Å². The van der Waals surface area contributed by atoms with Crippen molar-refractivity contribution >= 4 is 43.9 Å². The molecule has 51 heavy (non-hydrogen) atoms. The van der Waals surface area contributed by atoms with Gasteiger partial charge in [-0.3, -0.25) is 9.55 Å². The molecule has 5 aromatic carbocycles. The fourth-order valence-corrected chi connectivity index (χ4v) is 7.18. The SMILES string of the molecule is COc1ccc(-c2c3c4ccccc4n(-c4[c-]cccc4)c3nc3c2c2ccccc2n3-c2cc(C(C)(C)C)cc(-c3[c-]cccc3)n2)cc1.[Pt+2]. The Balaban J connectivity index is 0.00000374. The number of pyridine rings is 2. The molecule has 0 saturated carbocycles. The fraction of sp³-hybridized carbons (Fsp3) is 0.111. The number of hydrogen-bond acceptors (Lipinski definition) is 3. The molecule has 0 spiro atoms. The first-order valence-corrected chi connectivity index (χ1v) is 16.9. The maximum absolute atomic E-state index is 5.65. The molecule has 9 aromatic rings. The second-order valence-corrected chi connectivity index (χ2v) is 13.7. The van der Waals surface area contributed by atoms with E-state index in [1.54, 1.807) is 7.11 Å². The summed E-state index contributed by atoms with van der Waals surface area (Å²) in [5.74, 6) is 1.63. The van der Waals surface area contributed by atoms with E-state index >= 15 is 0 Å². The minimum atomic E-state index is -0.121. The van der Waals surface area contributed by atoms with E-state index in [-0.39, 0.29) is 26.5 Å². The van der Waals surface area contributed by atoms with E-state index in [1.165, 1.54) is 5.56 Å². The number of nitrogens with zero attached hydrogens (tertiary/aromatic N) is 4. The number of para-hydroxylation sites is 3. The van der Waals surface area contributed by atoms with Crippen LogP contribution in [-0.4, -0.2) is 26.2 Å². The zero-order valence-electron chi connectivity index (χ0n) is 28.7. The van der Waals surface area contributed by atoms with Gasteiger partial charge in [0.05, 0.1) is 18.1 Å². The van der Waals surface area contributed by atoms with E-state index in [0.29, 0.717) is 0 Å². The predicted molar refractivity (Wildman–Crippen MR) is 205 cm³/mol. The topological polar surface area (TPSA) is 44.9 Å². The summed E-state index contributed by atoms with van der Waals surface area (Å²) in [6, 6.07) is 53.0. The first-order valence-electron chi connectivity index (χ1n) is 16.9. The number of hydrogen-bond donors (Lipinski definition) is 0. The van der Waals surface area contributed by atoms with E-state index in [1.807, 2.05) is 42.5 Å². The molecule has 9 rings (SSSR count). The molecule has 250 valence electrons. The first-order chi connectivity index (χ1) is 24.4. The summed E-state index contributed by atoms with van der Waals surface area (Å²) in [5, 5.41) is 4.41. The Bertz CT molecular complexity index is 2710. The molecule has 4 aromatic heterocycles. The van der Waals surface area contributed by atoms with Crippen LogP contribution < -0.4 is 4.74 Å². The van der Waals surface area contributed by atoms with Crippen molar-refractivity contribution < 1.29 is 25.8 Å². The van der Waals surface area contributed by atoms with Gasteiger partial charge in [-0.2, -0.15) is 24.3 Å². The molecule has 0 saturated heterocycles. The normalized spacial score (nSPS) is 11.8. The number of aromatic nitrogens is 4. The van der Waals surface area contributed by atoms with Crippen molar-refractivity contribution in [2.24, 2.45) is 0 Å². The third-order valence-electron chi connectivity index (χ3n) is 9.62. The van der Waals surface area contributed by atoms with E-state index in [9.17, 15) is 0 Å². The number of rotatable bonds is 5. The largest absolute Gasteiger partial charge is 2.00 e. The summed E-state index contributed by atoms with van der Waals surface area (Å²) < 4.78 is 10.1. The van der Waals surface area contributed by atoms with Gasteiger partial charge >= 0.3 is 21.1 Å². The molecule has 0 N–H and O–H groups in total. The summed E-state index contributed by atoms with van der Waals surface area (Å²) >= 11 is 0. The van der Waals surface area contributed by atoms with Gasteiger partial charge in [0.1, 0.15) is 22.9 Å². The Hall–Kier alpha value is -5.51. The van der Waals surface area contributed by atoms with Crippen LogP contribution >= 0.6 is 0 Å². The molecule has 0 bridgehead atoms. The Morgan fingerprint density at radius 1 is 0.627 bits per heavy atom. The third-order valence-corrected chi connectivity index (χ3v) is 9.62.